The molecule has 0 aliphatic rings. The molecule has 0 spiro atoms. The highest BCUT2D eigenvalue weighted by Crippen LogP contribution is 2.21. The van der Waals surface area contributed by atoms with E-state index in [9.17, 15) is 4.39 Å². The fourth-order valence-electron chi connectivity index (χ4n) is 1.81. The summed E-state index contributed by atoms with van der Waals surface area (Å²) in [4.78, 5) is 0. The molecule has 0 radical (unpaired) electrons. The lowest BCUT2D eigenvalue weighted by molar-refractivity contribution is 0.628. The Hall–Kier alpha value is -1.93. The molecule has 18 heavy (non-hydrogen) atoms. The molecule has 2 aromatic rings. The van der Waals surface area contributed by atoms with Crippen molar-refractivity contribution in [3.8, 4) is 11.1 Å². The van der Waals surface area contributed by atoms with E-state index in [4.69, 9.17) is 5.73 Å². The third kappa shape index (κ3) is 3.28. The van der Waals surface area contributed by atoms with Crippen LogP contribution in [0.5, 0.6) is 0 Å². The van der Waals surface area contributed by atoms with Crippen LogP contribution in [0.25, 0.3) is 17.2 Å². The molecule has 0 saturated carbocycles. The maximum Gasteiger partial charge on any atom is 0.123 e. The van der Waals surface area contributed by atoms with E-state index >= 15 is 0 Å². The molecule has 0 aliphatic heterocycles. The fraction of sp³-hybridized carbons (Fsp3) is 0.125. The molecule has 1 nitrogen and oxygen atoms in total. The third-order valence-corrected chi connectivity index (χ3v) is 2.69. The predicted octanol–water partition coefficient (Wildman–Crippen LogP) is 3.85. The van der Waals surface area contributed by atoms with Crippen LogP contribution in [0.15, 0.2) is 54.6 Å². The van der Waals surface area contributed by atoms with Crippen LogP contribution >= 0.6 is 0 Å². The lowest BCUT2D eigenvalue weighted by atomic mass is 10.0. The second-order valence-corrected chi connectivity index (χ2v) is 4.12. The third-order valence-electron chi connectivity index (χ3n) is 2.69. The van der Waals surface area contributed by atoms with Crippen LogP contribution in [-0.2, 0) is 0 Å². The van der Waals surface area contributed by atoms with Crippen LogP contribution in [0.4, 0.5) is 4.39 Å². The van der Waals surface area contributed by atoms with E-state index in [1.165, 1.54) is 6.07 Å². The van der Waals surface area contributed by atoms with Crippen molar-refractivity contribution in [2.45, 2.75) is 6.42 Å². The second-order valence-electron chi connectivity index (χ2n) is 4.12. The van der Waals surface area contributed by atoms with Gasteiger partial charge in [-0.15, -0.1) is 0 Å². The van der Waals surface area contributed by atoms with Gasteiger partial charge >= 0.3 is 0 Å². The molecule has 0 amide bonds. The predicted molar refractivity (Wildman–Crippen MR) is 74.5 cm³/mol. The summed E-state index contributed by atoms with van der Waals surface area (Å²) in [6.07, 6.45) is 4.95. The summed E-state index contributed by atoms with van der Waals surface area (Å²) in [5.74, 6) is -0.212. The van der Waals surface area contributed by atoms with Gasteiger partial charge in [-0.25, -0.2) is 4.39 Å². The molecule has 2 N–H and O–H groups in total. The summed E-state index contributed by atoms with van der Waals surface area (Å²) in [6.45, 7) is 0.653. The van der Waals surface area contributed by atoms with Crippen LogP contribution in [0, 0.1) is 5.82 Å². The summed E-state index contributed by atoms with van der Waals surface area (Å²) in [6, 6.07) is 14.7. The van der Waals surface area contributed by atoms with E-state index in [1.54, 1.807) is 12.1 Å². The molecule has 0 heterocycles. The van der Waals surface area contributed by atoms with Crippen molar-refractivity contribution in [1.82, 2.24) is 0 Å². The maximum atomic E-state index is 13.2. The molecule has 92 valence electrons. The van der Waals surface area contributed by atoms with Gasteiger partial charge in [-0.1, -0.05) is 42.5 Å². The summed E-state index contributed by atoms with van der Waals surface area (Å²) >= 11 is 0. The van der Waals surface area contributed by atoms with Crippen molar-refractivity contribution in [3.63, 3.8) is 0 Å². The Bertz CT molecular complexity index is 546. The summed E-state index contributed by atoms with van der Waals surface area (Å²) in [7, 11) is 0. The van der Waals surface area contributed by atoms with Gasteiger partial charge in [0, 0.05) is 0 Å². The van der Waals surface area contributed by atoms with Crippen molar-refractivity contribution >= 4 is 6.08 Å². The van der Waals surface area contributed by atoms with E-state index in [0.717, 1.165) is 23.1 Å². The van der Waals surface area contributed by atoms with Crippen LogP contribution in [0.3, 0.4) is 0 Å². The largest absolute Gasteiger partial charge is 0.330 e. The van der Waals surface area contributed by atoms with Gasteiger partial charge in [-0.2, -0.15) is 0 Å². The van der Waals surface area contributed by atoms with E-state index in [-0.39, 0.29) is 5.82 Å². The number of halogens is 1. The summed E-state index contributed by atoms with van der Waals surface area (Å²) in [5.41, 5.74) is 8.45. The summed E-state index contributed by atoms with van der Waals surface area (Å²) < 4.78 is 13.2. The zero-order valence-corrected chi connectivity index (χ0v) is 10.1. The first kappa shape index (κ1) is 12.5. The Morgan fingerprint density at radius 3 is 2.44 bits per heavy atom. The molecule has 0 unspecified atom stereocenters. The number of hydrogen-bond donors (Lipinski definition) is 1. The molecule has 0 aromatic heterocycles. The van der Waals surface area contributed by atoms with Crippen LogP contribution in [-0.4, -0.2) is 6.54 Å². The van der Waals surface area contributed by atoms with Gasteiger partial charge in [0.15, 0.2) is 0 Å². The molecular weight excluding hydrogens is 225 g/mol. The highest BCUT2D eigenvalue weighted by molar-refractivity contribution is 5.67. The minimum atomic E-state index is -0.212. The van der Waals surface area contributed by atoms with Gasteiger partial charge in [0.25, 0.3) is 0 Å². The van der Waals surface area contributed by atoms with Crippen molar-refractivity contribution < 1.29 is 4.39 Å². The standard InChI is InChI=1S/C16H16FN/c17-16-9-4-8-15(12-16)14-7-3-6-13(11-14)5-1-2-10-18/h1,3-9,11-12H,2,10,18H2/b5-1+. The molecule has 0 bridgehead atoms. The van der Waals surface area contributed by atoms with Crippen LogP contribution in [0.1, 0.15) is 12.0 Å². The highest BCUT2D eigenvalue weighted by Gasteiger charge is 1.99. The van der Waals surface area contributed by atoms with Gasteiger partial charge < -0.3 is 5.73 Å². The zero-order valence-electron chi connectivity index (χ0n) is 10.1. The van der Waals surface area contributed by atoms with Crippen LogP contribution < -0.4 is 5.73 Å². The van der Waals surface area contributed by atoms with E-state index in [1.807, 2.05) is 42.5 Å². The lowest BCUT2D eigenvalue weighted by Crippen LogP contribution is -1.94. The molecule has 2 heteroatoms. The summed E-state index contributed by atoms with van der Waals surface area (Å²) in [5, 5.41) is 0. The normalized spacial score (nSPS) is 11.0. The average molecular weight is 241 g/mol. The SMILES string of the molecule is NCC/C=C/c1cccc(-c2cccc(F)c2)c1. The molecular formula is C16H16FN. The zero-order chi connectivity index (χ0) is 12.8. The highest BCUT2D eigenvalue weighted by atomic mass is 19.1. The van der Waals surface area contributed by atoms with Crippen molar-refractivity contribution in [1.29, 1.82) is 0 Å². The number of nitrogens with two attached hydrogens (primary N) is 1. The quantitative estimate of drug-likeness (QED) is 0.864. The van der Waals surface area contributed by atoms with E-state index in [0.29, 0.717) is 6.54 Å². The average Bonchev–Trinajstić information content (AvgIpc) is 2.39. The van der Waals surface area contributed by atoms with Crippen molar-refractivity contribution in [2.75, 3.05) is 6.54 Å². The lowest BCUT2D eigenvalue weighted by Gasteiger charge is -2.03. The van der Waals surface area contributed by atoms with Gasteiger partial charge in [0.1, 0.15) is 5.82 Å². The maximum absolute atomic E-state index is 13.2. The molecule has 0 fully saturated rings. The monoisotopic (exact) mass is 241 g/mol. The van der Waals surface area contributed by atoms with Gasteiger partial charge in [-0.3, -0.25) is 0 Å². The molecule has 0 atom stereocenters. The Labute approximate surface area is 107 Å². The minimum absolute atomic E-state index is 0.212. The number of rotatable bonds is 4. The molecule has 0 saturated heterocycles. The van der Waals surface area contributed by atoms with Crippen molar-refractivity contribution in [3.05, 3.63) is 66.0 Å². The number of benzene rings is 2. The van der Waals surface area contributed by atoms with Gasteiger partial charge in [-0.05, 0) is 47.9 Å². The van der Waals surface area contributed by atoms with E-state index < -0.39 is 0 Å². The Balaban J connectivity index is 2.27. The minimum Gasteiger partial charge on any atom is -0.330 e. The second kappa shape index (κ2) is 6.12. The van der Waals surface area contributed by atoms with Crippen LogP contribution in [0.2, 0.25) is 0 Å². The molecule has 0 aliphatic carbocycles. The first-order valence-electron chi connectivity index (χ1n) is 6.02. The van der Waals surface area contributed by atoms with Gasteiger partial charge in [0.2, 0.25) is 0 Å². The fourth-order valence-corrected chi connectivity index (χ4v) is 1.81. The van der Waals surface area contributed by atoms with E-state index in [2.05, 4.69) is 0 Å². The molecule has 2 rings (SSSR count). The van der Waals surface area contributed by atoms with Gasteiger partial charge in [0.05, 0.1) is 0 Å². The Morgan fingerprint density at radius 1 is 1.00 bits per heavy atom. The smallest absolute Gasteiger partial charge is 0.123 e. The Kier molecular flexibility index (Phi) is 4.26. The first-order valence-corrected chi connectivity index (χ1v) is 6.02. The topological polar surface area (TPSA) is 26.0 Å². The first-order chi connectivity index (χ1) is 8.79. The Morgan fingerprint density at radius 2 is 1.72 bits per heavy atom. The molecule has 2 aromatic carbocycles. The van der Waals surface area contributed by atoms with Crippen molar-refractivity contribution in [2.24, 2.45) is 5.73 Å². The number of hydrogen-bond acceptors (Lipinski definition) is 1.